The molecular formula is C21H24ClN5. The molecule has 5 nitrogen and oxygen atoms in total. The number of nitrogens with one attached hydrogen (secondary N) is 1. The number of benzene rings is 1. The molecule has 3 aromatic rings. The lowest BCUT2D eigenvalue weighted by Gasteiger charge is -2.33. The van der Waals surface area contributed by atoms with Gasteiger partial charge in [-0.25, -0.2) is 9.97 Å². The minimum atomic E-state index is 0.492. The monoisotopic (exact) mass is 381 g/mol. The lowest BCUT2D eigenvalue weighted by atomic mass is 10.0. The normalized spacial score (nSPS) is 17.9. The molecule has 3 heterocycles. The van der Waals surface area contributed by atoms with Gasteiger partial charge in [0.25, 0.3) is 0 Å². The van der Waals surface area contributed by atoms with Crippen LogP contribution in [0.25, 0.3) is 5.95 Å². The highest BCUT2D eigenvalue weighted by molar-refractivity contribution is 6.30. The SMILES string of the molecule is Clc1ccc(CN2CCCC(NCc3cccn3-c3ncccn3)C2)cc1. The van der Waals surface area contributed by atoms with Crippen LogP contribution >= 0.6 is 11.6 Å². The van der Waals surface area contributed by atoms with Crippen LogP contribution in [0.3, 0.4) is 0 Å². The van der Waals surface area contributed by atoms with Gasteiger partial charge < -0.3 is 5.32 Å². The van der Waals surface area contributed by atoms with Crippen molar-refractivity contribution in [3.63, 3.8) is 0 Å². The summed E-state index contributed by atoms with van der Waals surface area (Å²) in [6, 6.07) is 14.7. The van der Waals surface area contributed by atoms with E-state index in [2.05, 4.69) is 38.4 Å². The summed E-state index contributed by atoms with van der Waals surface area (Å²) in [4.78, 5) is 11.2. The molecule has 0 spiro atoms. The van der Waals surface area contributed by atoms with Crippen LogP contribution in [0.1, 0.15) is 24.1 Å². The van der Waals surface area contributed by atoms with E-state index in [4.69, 9.17) is 11.6 Å². The molecule has 1 aliphatic heterocycles. The predicted octanol–water partition coefficient (Wildman–Crippen LogP) is 3.67. The first-order valence-corrected chi connectivity index (χ1v) is 9.79. The Kier molecular flexibility index (Phi) is 5.82. The second kappa shape index (κ2) is 8.65. The first-order chi connectivity index (χ1) is 13.3. The highest BCUT2D eigenvalue weighted by Crippen LogP contribution is 2.16. The molecule has 1 aliphatic rings. The van der Waals surface area contributed by atoms with E-state index in [0.29, 0.717) is 12.0 Å². The van der Waals surface area contributed by atoms with Crippen molar-refractivity contribution >= 4 is 11.6 Å². The Balaban J connectivity index is 1.34. The van der Waals surface area contributed by atoms with Crippen LogP contribution in [0.5, 0.6) is 0 Å². The van der Waals surface area contributed by atoms with E-state index in [9.17, 15) is 0 Å². The molecule has 0 amide bonds. The van der Waals surface area contributed by atoms with Gasteiger partial charge in [0.15, 0.2) is 0 Å². The number of likely N-dealkylation sites (tertiary alicyclic amines) is 1. The predicted molar refractivity (Wildman–Crippen MR) is 108 cm³/mol. The third-order valence-electron chi connectivity index (χ3n) is 5.00. The lowest BCUT2D eigenvalue weighted by Crippen LogP contribution is -2.45. The summed E-state index contributed by atoms with van der Waals surface area (Å²) < 4.78 is 2.04. The maximum Gasteiger partial charge on any atom is 0.233 e. The molecule has 1 N–H and O–H groups in total. The summed E-state index contributed by atoms with van der Waals surface area (Å²) >= 11 is 5.99. The average Bonchev–Trinajstić information content (AvgIpc) is 3.18. The molecule has 1 fully saturated rings. The van der Waals surface area contributed by atoms with Crippen molar-refractivity contribution in [1.29, 1.82) is 0 Å². The van der Waals surface area contributed by atoms with Gasteiger partial charge in [0.2, 0.25) is 5.95 Å². The minimum absolute atomic E-state index is 0.492. The molecule has 27 heavy (non-hydrogen) atoms. The summed E-state index contributed by atoms with van der Waals surface area (Å²) in [7, 11) is 0. The molecule has 0 saturated carbocycles. The van der Waals surface area contributed by atoms with Gasteiger partial charge in [0, 0.05) is 55.0 Å². The van der Waals surface area contributed by atoms with Gasteiger partial charge in [0.05, 0.1) is 0 Å². The van der Waals surface area contributed by atoms with Gasteiger partial charge in [0.1, 0.15) is 0 Å². The third-order valence-corrected chi connectivity index (χ3v) is 5.25. The average molecular weight is 382 g/mol. The number of hydrogen-bond acceptors (Lipinski definition) is 4. The molecule has 0 radical (unpaired) electrons. The molecule has 6 heteroatoms. The number of nitrogens with zero attached hydrogens (tertiary/aromatic N) is 4. The Hall–Kier alpha value is -2.21. The summed E-state index contributed by atoms with van der Waals surface area (Å²) in [5.74, 6) is 0.715. The van der Waals surface area contributed by atoms with Gasteiger partial charge in [-0.2, -0.15) is 0 Å². The smallest absolute Gasteiger partial charge is 0.233 e. The van der Waals surface area contributed by atoms with Crippen molar-refractivity contribution in [2.45, 2.75) is 32.0 Å². The molecule has 1 atom stereocenters. The number of piperidine rings is 1. The van der Waals surface area contributed by atoms with E-state index in [-0.39, 0.29) is 0 Å². The van der Waals surface area contributed by atoms with Crippen LogP contribution in [0.4, 0.5) is 0 Å². The van der Waals surface area contributed by atoms with Crippen LogP contribution in [0.2, 0.25) is 5.02 Å². The molecular weight excluding hydrogens is 358 g/mol. The number of halogens is 1. The Morgan fingerprint density at radius 3 is 2.70 bits per heavy atom. The summed E-state index contributed by atoms with van der Waals surface area (Å²) in [5, 5.41) is 4.51. The Bertz CT molecular complexity index is 847. The van der Waals surface area contributed by atoms with Crippen molar-refractivity contribution in [3.8, 4) is 5.95 Å². The van der Waals surface area contributed by atoms with E-state index in [1.54, 1.807) is 12.4 Å². The molecule has 4 rings (SSSR count). The van der Waals surface area contributed by atoms with E-state index in [1.807, 2.05) is 35.0 Å². The highest BCUT2D eigenvalue weighted by Gasteiger charge is 2.20. The maximum absolute atomic E-state index is 5.99. The Labute approximate surface area is 165 Å². The molecule has 0 bridgehead atoms. The van der Waals surface area contributed by atoms with Gasteiger partial charge in [-0.15, -0.1) is 0 Å². The van der Waals surface area contributed by atoms with Crippen molar-refractivity contribution < 1.29 is 0 Å². The first-order valence-electron chi connectivity index (χ1n) is 9.42. The molecule has 0 aliphatic carbocycles. The largest absolute Gasteiger partial charge is 0.307 e. The second-order valence-corrected chi connectivity index (χ2v) is 7.44. The Morgan fingerprint density at radius 1 is 1.07 bits per heavy atom. The lowest BCUT2D eigenvalue weighted by molar-refractivity contribution is 0.182. The van der Waals surface area contributed by atoms with Crippen molar-refractivity contribution in [2.75, 3.05) is 13.1 Å². The minimum Gasteiger partial charge on any atom is -0.307 e. The van der Waals surface area contributed by atoms with Crippen molar-refractivity contribution in [2.24, 2.45) is 0 Å². The zero-order valence-corrected chi connectivity index (χ0v) is 16.0. The third kappa shape index (κ3) is 4.75. The van der Waals surface area contributed by atoms with Crippen LogP contribution in [-0.2, 0) is 13.1 Å². The van der Waals surface area contributed by atoms with Crippen molar-refractivity contribution in [3.05, 3.63) is 77.3 Å². The van der Waals surface area contributed by atoms with E-state index >= 15 is 0 Å². The molecule has 1 saturated heterocycles. The summed E-state index contributed by atoms with van der Waals surface area (Å²) in [5.41, 5.74) is 2.49. The van der Waals surface area contributed by atoms with Gasteiger partial charge in [-0.3, -0.25) is 9.47 Å². The fourth-order valence-corrected chi connectivity index (χ4v) is 3.76. The van der Waals surface area contributed by atoms with Gasteiger partial charge in [-0.1, -0.05) is 23.7 Å². The van der Waals surface area contributed by atoms with Crippen LogP contribution in [0.15, 0.2) is 61.1 Å². The van der Waals surface area contributed by atoms with E-state index in [1.165, 1.54) is 24.1 Å². The molecule has 1 unspecified atom stereocenters. The van der Waals surface area contributed by atoms with Crippen molar-refractivity contribution in [1.82, 2.24) is 24.8 Å². The maximum atomic E-state index is 5.99. The van der Waals surface area contributed by atoms with Gasteiger partial charge in [-0.05, 0) is 55.3 Å². The standard InChI is InChI=1S/C21H24ClN5/c22-18-8-6-17(7-9-18)15-26-12-1-4-19(16-26)25-14-20-5-2-13-27(20)21-23-10-3-11-24-21/h2-3,5-11,13,19,25H,1,4,12,14-16H2. The zero-order chi connectivity index (χ0) is 18.5. The second-order valence-electron chi connectivity index (χ2n) is 7.00. The van der Waals surface area contributed by atoms with Gasteiger partial charge >= 0.3 is 0 Å². The number of aromatic nitrogens is 3. The fourth-order valence-electron chi connectivity index (χ4n) is 3.63. The topological polar surface area (TPSA) is 46.0 Å². The molecule has 1 aromatic carbocycles. The van der Waals surface area contributed by atoms with Crippen LogP contribution < -0.4 is 5.32 Å². The first kappa shape index (κ1) is 18.2. The van der Waals surface area contributed by atoms with Crippen LogP contribution in [0, 0.1) is 0 Å². The fraction of sp³-hybridized carbons (Fsp3) is 0.333. The van der Waals surface area contributed by atoms with Crippen LogP contribution in [-0.4, -0.2) is 38.6 Å². The quantitative estimate of drug-likeness (QED) is 0.707. The van der Waals surface area contributed by atoms with E-state index < -0.39 is 0 Å². The molecule has 140 valence electrons. The Morgan fingerprint density at radius 2 is 1.89 bits per heavy atom. The van der Waals surface area contributed by atoms with E-state index in [0.717, 1.165) is 31.2 Å². The summed E-state index contributed by atoms with van der Waals surface area (Å²) in [6.07, 6.45) is 7.98. The number of hydrogen-bond donors (Lipinski definition) is 1. The zero-order valence-electron chi connectivity index (χ0n) is 15.3. The summed E-state index contributed by atoms with van der Waals surface area (Å²) in [6.45, 7) is 3.99. The number of rotatable bonds is 6. The highest BCUT2D eigenvalue weighted by atomic mass is 35.5. The molecule has 2 aromatic heterocycles.